The van der Waals surface area contributed by atoms with E-state index in [1.165, 1.54) is 32.1 Å². The predicted molar refractivity (Wildman–Crippen MR) is 99.9 cm³/mol. The van der Waals surface area contributed by atoms with Crippen LogP contribution in [-0.2, 0) is 4.79 Å². The second kappa shape index (κ2) is 7.69. The fourth-order valence-corrected chi connectivity index (χ4v) is 2.83. The van der Waals surface area contributed by atoms with Gasteiger partial charge in [-0.25, -0.2) is 4.68 Å². The van der Waals surface area contributed by atoms with Gasteiger partial charge in [-0.1, -0.05) is 0 Å². The molecule has 1 aliphatic carbocycles. The molecule has 1 heterocycles. The van der Waals surface area contributed by atoms with Gasteiger partial charge >= 0.3 is 0 Å². The zero-order valence-corrected chi connectivity index (χ0v) is 15.8. The molecule has 1 fully saturated rings. The van der Waals surface area contributed by atoms with Crippen molar-refractivity contribution < 1.29 is 19.0 Å². The molecule has 1 aromatic carbocycles. The minimum Gasteiger partial charge on any atom is -0.493 e. The molecule has 1 amide bonds. The maximum atomic E-state index is 12.7. The number of benzene rings is 1. The lowest BCUT2D eigenvalue weighted by Crippen LogP contribution is -2.33. The summed E-state index contributed by atoms with van der Waals surface area (Å²) in [5, 5.41) is 7.14. The van der Waals surface area contributed by atoms with E-state index in [2.05, 4.69) is 10.4 Å². The molecule has 0 bridgehead atoms. The van der Waals surface area contributed by atoms with Crippen molar-refractivity contribution in [1.29, 1.82) is 0 Å². The van der Waals surface area contributed by atoms with Crippen LogP contribution in [0.5, 0.6) is 17.2 Å². The van der Waals surface area contributed by atoms with Crippen LogP contribution in [0, 0.1) is 0 Å². The zero-order chi connectivity index (χ0) is 19.6. The number of hydrogen-bond acceptors (Lipinski definition) is 6. The maximum absolute atomic E-state index is 12.7. The number of carbonyl (C=O) groups is 1. The summed E-state index contributed by atoms with van der Waals surface area (Å²) < 4.78 is 17.1. The van der Waals surface area contributed by atoms with E-state index in [9.17, 15) is 9.59 Å². The van der Waals surface area contributed by atoms with Crippen molar-refractivity contribution in [2.24, 2.45) is 0 Å². The largest absolute Gasteiger partial charge is 0.493 e. The Labute approximate surface area is 157 Å². The molecule has 0 spiro atoms. The highest BCUT2D eigenvalue weighted by molar-refractivity contribution is 5.94. The minimum atomic E-state index is -0.768. The summed E-state index contributed by atoms with van der Waals surface area (Å²) in [7, 11) is 4.50. The first-order valence-corrected chi connectivity index (χ1v) is 8.69. The summed E-state index contributed by atoms with van der Waals surface area (Å²) in [6.45, 7) is 1.64. The number of aromatic nitrogens is 2. The average Bonchev–Trinajstić information content (AvgIpc) is 3.52. The molecule has 3 rings (SSSR count). The third kappa shape index (κ3) is 3.89. The van der Waals surface area contributed by atoms with Gasteiger partial charge in [0.25, 0.3) is 5.56 Å². The van der Waals surface area contributed by atoms with E-state index < -0.39 is 6.04 Å². The molecule has 1 aromatic heterocycles. The number of carbonyl (C=O) groups excluding carboxylic acids is 1. The lowest BCUT2D eigenvalue weighted by atomic mass is 10.2. The molecule has 0 radical (unpaired) electrons. The van der Waals surface area contributed by atoms with E-state index >= 15 is 0 Å². The van der Waals surface area contributed by atoms with Gasteiger partial charge in [0, 0.05) is 29.8 Å². The summed E-state index contributed by atoms with van der Waals surface area (Å²) >= 11 is 0. The smallest absolute Gasteiger partial charge is 0.267 e. The highest BCUT2D eigenvalue weighted by Crippen LogP contribution is 2.40. The van der Waals surface area contributed by atoms with Crippen molar-refractivity contribution >= 4 is 11.6 Å². The first-order valence-electron chi connectivity index (χ1n) is 8.69. The highest BCUT2D eigenvalue weighted by Gasteiger charge is 2.27. The summed E-state index contributed by atoms with van der Waals surface area (Å²) in [4.78, 5) is 24.9. The van der Waals surface area contributed by atoms with Crippen LogP contribution in [0.25, 0.3) is 0 Å². The second-order valence-electron chi connectivity index (χ2n) is 6.39. The molecule has 0 aliphatic heterocycles. The van der Waals surface area contributed by atoms with Gasteiger partial charge in [-0.15, -0.1) is 0 Å². The zero-order valence-electron chi connectivity index (χ0n) is 15.8. The Bertz CT molecular complexity index is 879. The molecular formula is C19H23N3O5. The van der Waals surface area contributed by atoms with Gasteiger partial charge < -0.3 is 19.5 Å². The summed E-state index contributed by atoms with van der Waals surface area (Å²) in [5.41, 5.74) is 1.00. The predicted octanol–water partition coefficient (Wildman–Crippen LogP) is 2.35. The van der Waals surface area contributed by atoms with Crippen LogP contribution in [0.3, 0.4) is 0 Å². The Kier molecular flexibility index (Phi) is 5.34. The Morgan fingerprint density at radius 3 is 2.30 bits per heavy atom. The van der Waals surface area contributed by atoms with E-state index in [0.29, 0.717) is 28.9 Å². The normalized spacial score (nSPS) is 14.4. The summed E-state index contributed by atoms with van der Waals surface area (Å²) in [6, 6.07) is 5.69. The van der Waals surface area contributed by atoms with Crippen molar-refractivity contribution in [2.75, 3.05) is 26.6 Å². The molecule has 27 heavy (non-hydrogen) atoms. The fraction of sp³-hybridized carbons (Fsp3) is 0.421. The summed E-state index contributed by atoms with van der Waals surface area (Å²) in [5.74, 6) is 1.30. The van der Waals surface area contributed by atoms with E-state index in [1.807, 2.05) is 0 Å². The molecule has 1 aliphatic rings. The van der Waals surface area contributed by atoms with Crippen molar-refractivity contribution in [3.63, 3.8) is 0 Å². The van der Waals surface area contributed by atoms with Gasteiger partial charge in [-0.05, 0) is 25.8 Å². The van der Waals surface area contributed by atoms with Crippen LogP contribution < -0.4 is 25.1 Å². The first kappa shape index (κ1) is 18.8. The van der Waals surface area contributed by atoms with Crippen molar-refractivity contribution in [1.82, 2.24) is 9.78 Å². The topological polar surface area (TPSA) is 91.7 Å². The number of amides is 1. The van der Waals surface area contributed by atoms with E-state index in [0.717, 1.165) is 18.5 Å². The first-order chi connectivity index (χ1) is 13.0. The molecule has 1 N–H and O–H groups in total. The molecule has 0 saturated heterocycles. The number of rotatable bonds is 7. The van der Waals surface area contributed by atoms with Gasteiger partial charge in [-0.2, -0.15) is 5.10 Å². The van der Waals surface area contributed by atoms with Crippen molar-refractivity contribution in [2.45, 2.75) is 31.7 Å². The Hall–Kier alpha value is -3.03. The molecule has 1 unspecified atom stereocenters. The lowest BCUT2D eigenvalue weighted by molar-refractivity contribution is -0.119. The average molecular weight is 373 g/mol. The monoisotopic (exact) mass is 373 g/mol. The van der Waals surface area contributed by atoms with Crippen LogP contribution in [0.2, 0.25) is 0 Å². The molecular weight excluding hydrogens is 350 g/mol. The standard InChI is InChI=1S/C19H23N3O5/c1-11(22-17(23)8-7-14(21-22)12-5-6-12)19(24)20-13-9-15(25-2)18(27-4)16(10-13)26-3/h7-12H,5-6H2,1-4H3,(H,20,24). The number of hydrogen-bond donors (Lipinski definition) is 1. The van der Waals surface area contributed by atoms with Crippen LogP contribution >= 0.6 is 0 Å². The number of methoxy groups -OCH3 is 3. The number of anilines is 1. The third-order valence-corrected chi connectivity index (χ3v) is 4.52. The Morgan fingerprint density at radius 1 is 1.15 bits per heavy atom. The molecule has 2 aromatic rings. The molecule has 8 heteroatoms. The van der Waals surface area contributed by atoms with Crippen LogP contribution in [0.4, 0.5) is 5.69 Å². The lowest BCUT2D eigenvalue weighted by Gasteiger charge is -2.17. The van der Waals surface area contributed by atoms with Crippen molar-refractivity contribution in [3.8, 4) is 17.2 Å². The second-order valence-corrected chi connectivity index (χ2v) is 6.39. The third-order valence-electron chi connectivity index (χ3n) is 4.52. The van der Waals surface area contributed by atoms with Crippen LogP contribution in [-0.4, -0.2) is 37.0 Å². The SMILES string of the molecule is COc1cc(NC(=O)C(C)n2nc(C3CC3)ccc2=O)cc(OC)c1OC. The quantitative estimate of drug-likeness (QED) is 0.801. The molecule has 144 valence electrons. The van der Waals surface area contributed by atoms with Gasteiger partial charge in [0.15, 0.2) is 11.5 Å². The van der Waals surface area contributed by atoms with Crippen LogP contribution in [0.15, 0.2) is 29.1 Å². The Balaban J connectivity index is 1.85. The number of ether oxygens (including phenoxy) is 3. The highest BCUT2D eigenvalue weighted by atomic mass is 16.5. The van der Waals surface area contributed by atoms with Gasteiger partial charge in [-0.3, -0.25) is 9.59 Å². The van der Waals surface area contributed by atoms with Gasteiger partial charge in [0.05, 0.1) is 27.0 Å². The Morgan fingerprint density at radius 2 is 1.78 bits per heavy atom. The van der Waals surface area contributed by atoms with Crippen molar-refractivity contribution in [3.05, 3.63) is 40.3 Å². The fourth-order valence-electron chi connectivity index (χ4n) is 2.83. The maximum Gasteiger partial charge on any atom is 0.267 e. The summed E-state index contributed by atoms with van der Waals surface area (Å²) in [6.07, 6.45) is 2.13. The van der Waals surface area contributed by atoms with E-state index in [4.69, 9.17) is 14.2 Å². The van der Waals surface area contributed by atoms with Gasteiger partial charge in [0.1, 0.15) is 6.04 Å². The number of nitrogens with zero attached hydrogens (tertiary/aromatic N) is 2. The van der Waals surface area contributed by atoms with E-state index in [-0.39, 0.29) is 11.5 Å². The molecule has 1 saturated carbocycles. The molecule has 8 nitrogen and oxygen atoms in total. The number of nitrogens with one attached hydrogen (secondary N) is 1. The minimum absolute atomic E-state index is 0.313. The van der Waals surface area contributed by atoms with Crippen LogP contribution in [0.1, 0.15) is 37.4 Å². The van der Waals surface area contributed by atoms with E-state index in [1.54, 1.807) is 25.1 Å². The molecule has 1 atom stereocenters. The van der Waals surface area contributed by atoms with Gasteiger partial charge in [0.2, 0.25) is 11.7 Å².